The van der Waals surface area contributed by atoms with Crippen LogP contribution in [0.5, 0.6) is 0 Å². The van der Waals surface area contributed by atoms with Gasteiger partial charge in [-0.05, 0) is 53.4 Å². The standard InChI is InChI=1S/C11H22BNO2/c1-10(2)11(3,4)15-12(14-10)7-5-9-6-8-13-9/h9,13H,5-8H2,1-4H3. The van der Waals surface area contributed by atoms with E-state index in [-0.39, 0.29) is 18.3 Å². The minimum Gasteiger partial charge on any atom is -0.403 e. The van der Waals surface area contributed by atoms with Crippen molar-refractivity contribution in [2.75, 3.05) is 6.54 Å². The second kappa shape index (κ2) is 3.76. The maximum Gasteiger partial charge on any atom is 0.457 e. The highest BCUT2D eigenvalue weighted by Crippen LogP contribution is 2.38. The highest BCUT2D eigenvalue weighted by atomic mass is 16.7. The Morgan fingerprint density at radius 3 is 2.13 bits per heavy atom. The molecule has 1 unspecified atom stereocenters. The zero-order chi connectivity index (χ0) is 11.1. The van der Waals surface area contributed by atoms with E-state index in [9.17, 15) is 0 Å². The SMILES string of the molecule is CC1(C)OB(CCC2CCN2)OC1(C)C. The third kappa shape index (κ3) is 2.22. The molecule has 2 heterocycles. The van der Waals surface area contributed by atoms with Crippen molar-refractivity contribution in [3.63, 3.8) is 0 Å². The van der Waals surface area contributed by atoms with Crippen LogP contribution in [0.25, 0.3) is 0 Å². The summed E-state index contributed by atoms with van der Waals surface area (Å²) in [4.78, 5) is 0. The molecule has 0 spiro atoms. The van der Waals surface area contributed by atoms with Crippen LogP contribution in [-0.2, 0) is 9.31 Å². The Bertz CT molecular complexity index is 223. The molecule has 0 bridgehead atoms. The Labute approximate surface area is 93.0 Å². The summed E-state index contributed by atoms with van der Waals surface area (Å²) in [5.74, 6) is 0. The third-order valence-electron chi connectivity index (χ3n) is 3.98. The fourth-order valence-corrected chi connectivity index (χ4v) is 2.02. The van der Waals surface area contributed by atoms with Crippen LogP contribution in [0.3, 0.4) is 0 Å². The number of nitrogens with one attached hydrogen (secondary N) is 1. The molecule has 4 heteroatoms. The third-order valence-corrected chi connectivity index (χ3v) is 3.98. The average molecular weight is 211 g/mol. The molecule has 2 fully saturated rings. The zero-order valence-corrected chi connectivity index (χ0v) is 10.3. The number of hydrogen-bond donors (Lipinski definition) is 1. The first-order chi connectivity index (χ1) is 6.91. The Kier molecular flexibility index (Phi) is 2.86. The van der Waals surface area contributed by atoms with Gasteiger partial charge >= 0.3 is 7.12 Å². The van der Waals surface area contributed by atoms with Gasteiger partial charge in [0, 0.05) is 6.04 Å². The Hall–Kier alpha value is -0.0551. The predicted octanol–water partition coefficient (Wildman–Crippen LogP) is 1.83. The van der Waals surface area contributed by atoms with Gasteiger partial charge in [-0.2, -0.15) is 0 Å². The lowest BCUT2D eigenvalue weighted by molar-refractivity contribution is 0.00578. The van der Waals surface area contributed by atoms with E-state index in [1.807, 2.05) is 0 Å². The lowest BCUT2D eigenvalue weighted by atomic mass is 9.80. The molecule has 2 saturated heterocycles. The molecule has 2 aliphatic rings. The Morgan fingerprint density at radius 2 is 1.73 bits per heavy atom. The highest BCUT2D eigenvalue weighted by Gasteiger charge is 2.50. The summed E-state index contributed by atoms with van der Waals surface area (Å²) in [7, 11) is -0.0163. The van der Waals surface area contributed by atoms with Crippen molar-refractivity contribution in [1.82, 2.24) is 5.32 Å². The van der Waals surface area contributed by atoms with Crippen LogP contribution < -0.4 is 5.32 Å². The molecule has 0 aromatic carbocycles. The zero-order valence-electron chi connectivity index (χ0n) is 10.3. The van der Waals surface area contributed by atoms with Crippen molar-refractivity contribution in [3.05, 3.63) is 0 Å². The molecule has 0 aromatic heterocycles. The van der Waals surface area contributed by atoms with Crippen molar-refractivity contribution < 1.29 is 9.31 Å². The van der Waals surface area contributed by atoms with Crippen molar-refractivity contribution in [2.24, 2.45) is 0 Å². The summed E-state index contributed by atoms with van der Waals surface area (Å²) in [5.41, 5.74) is -0.352. The highest BCUT2D eigenvalue weighted by molar-refractivity contribution is 6.45. The van der Waals surface area contributed by atoms with Gasteiger partial charge in [0.05, 0.1) is 11.2 Å². The molecule has 1 atom stereocenters. The van der Waals surface area contributed by atoms with Crippen molar-refractivity contribution >= 4 is 7.12 Å². The second-order valence-electron chi connectivity index (χ2n) is 5.70. The lowest BCUT2D eigenvalue weighted by Gasteiger charge is -2.32. The molecule has 15 heavy (non-hydrogen) atoms. The molecule has 0 aromatic rings. The molecular weight excluding hydrogens is 189 g/mol. The van der Waals surface area contributed by atoms with Gasteiger partial charge in [0.1, 0.15) is 0 Å². The van der Waals surface area contributed by atoms with E-state index in [4.69, 9.17) is 9.31 Å². The molecule has 2 rings (SSSR count). The van der Waals surface area contributed by atoms with Crippen LogP contribution in [0.2, 0.25) is 6.32 Å². The van der Waals surface area contributed by atoms with Crippen molar-refractivity contribution in [1.29, 1.82) is 0 Å². The summed E-state index contributed by atoms with van der Waals surface area (Å²) in [6, 6.07) is 0.698. The minimum absolute atomic E-state index is 0.0163. The van der Waals surface area contributed by atoms with E-state index < -0.39 is 0 Å². The quantitative estimate of drug-likeness (QED) is 0.722. The largest absolute Gasteiger partial charge is 0.457 e. The summed E-state index contributed by atoms with van der Waals surface area (Å²) in [6.45, 7) is 9.60. The van der Waals surface area contributed by atoms with Crippen molar-refractivity contribution in [3.8, 4) is 0 Å². The van der Waals surface area contributed by atoms with Gasteiger partial charge in [-0.3, -0.25) is 0 Å². The van der Waals surface area contributed by atoms with Gasteiger partial charge in [-0.1, -0.05) is 0 Å². The van der Waals surface area contributed by atoms with Gasteiger partial charge in [0.15, 0.2) is 0 Å². The molecule has 3 nitrogen and oxygen atoms in total. The fourth-order valence-electron chi connectivity index (χ4n) is 2.02. The van der Waals surface area contributed by atoms with Crippen LogP contribution in [0.1, 0.15) is 40.5 Å². The van der Waals surface area contributed by atoms with Gasteiger partial charge in [-0.25, -0.2) is 0 Å². The van der Waals surface area contributed by atoms with Crippen molar-refractivity contribution in [2.45, 2.75) is 64.1 Å². The Balaban J connectivity index is 1.80. The number of rotatable bonds is 3. The lowest BCUT2D eigenvalue weighted by Crippen LogP contribution is -2.43. The van der Waals surface area contributed by atoms with Crippen LogP contribution >= 0.6 is 0 Å². The van der Waals surface area contributed by atoms with Gasteiger partial charge in [0.25, 0.3) is 0 Å². The van der Waals surface area contributed by atoms with Crippen LogP contribution in [-0.4, -0.2) is 30.9 Å². The van der Waals surface area contributed by atoms with Gasteiger partial charge in [-0.15, -0.1) is 0 Å². The fraction of sp³-hybridized carbons (Fsp3) is 1.00. The van der Waals surface area contributed by atoms with E-state index in [2.05, 4.69) is 33.0 Å². The van der Waals surface area contributed by atoms with E-state index >= 15 is 0 Å². The smallest absolute Gasteiger partial charge is 0.403 e. The maximum absolute atomic E-state index is 5.93. The van der Waals surface area contributed by atoms with E-state index in [1.54, 1.807) is 0 Å². The first kappa shape index (κ1) is 11.4. The van der Waals surface area contributed by atoms with E-state index in [1.165, 1.54) is 13.0 Å². The maximum atomic E-state index is 5.93. The van der Waals surface area contributed by atoms with Crippen LogP contribution in [0.15, 0.2) is 0 Å². The number of hydrogen-bond acceptors (Lipinski definition) is 3. The topological polar surface area (TPSA) is 30.5 Å². The molecule has 86 valence electrons. The predicted molar refractivity (Wildman–Crippen MR) is 61.9 cm³/mol. The molecule has 0 saturated carbocycles. The normalized spacial score (nSPS) is 32.8. The molecule has 1 N–H and O–H groups in total. The summed E-state index contributed by atoms with van der Waals surface area (Å²) >= 11 is 0. The molecule has 2 aliphatic heterocycles. The van der Waals surface area contributed by atoms with Gasteiger partial charge in [0.2, 0.25) is 0 Å². The second-order valence-corrected chi connectivity index (χ2v) is 5.70. The first-order valence-corrected chi connectivity index (χ1v) is 6.00. The van der Waals surface area contributed by atoms with E-state index in [0.29, 0.717) is 6.04 Å². The summed E-state index contributed by atoms with van der Waals surface area (Å²) in [5, 5.41) is 3.40. The molecule has 0 amide bonds. The van der Waals surface area contributed by atoms with Crippen LogP contribution in [0.4, 0.5) is 0 Å². The van der Waals surface area contributed by atoms with E-state index in [0.717, 1.165) is 12.7 Å². The minimum atomic E-state index is -0.176. The molecule has 0 radical (unpaired) electrons. The van der Waals surface area contributed by atoms with Gasteiger partial charge < -0.3 is 14.6 Å². The first-order valence-electron chi connectivity index (χ1n) is 6.00. The summed E-state index contributed by atoms with van der Waals surface area (Å²) < 4.78 is 11.9. The average Bonchev–Trinajstić information content (AvgIpc) is 2.17. The summed E-state index contributed by atoms with van der Waals surface area (Å²) in [6.07, 6.45) is 3.47. The van der Waals surface area contributed by atoms with Crippen LogP contribution in [0, 0.1) is 0 Å². The monoisotopic (exact) mass is 211 g/mol. The molecular formula is C11H22BNO2. The molecule has 0 aliphatic carbocycles. The Morgan fingerprint density at radius 1 is 1.20 bits per heavy atom.